The molecule has 0 radical (unpaired) electrons. The summed E-state index contributed by atoms with van der Waals surface area (Å²) < 4.78 is 4.90. The van der Waals surface area contributed by atoms with Gasteiger partial charge in [-0.3, -0.25) is 4.79 Å². The standard InChI is InChI=1S/C19H38O5/c1-2-3-4-6-9-12-17(22)13-10-7-5-8-11-14-19(23)24-18(15-20)16-21/h17-18,20-22H,2-16H2,1H3. The number of hydrogen-bond donors (Lipinski definition) is 3. The van der Waals surface area contributed by atoms with Crippen molar-refractivity contribution >= 4 is 5.97 Å². The van der Waals surface area contributed by atoms with Crippen LogP contribution in [0.15, 0.2) is 0 Å². The number of ether oxygens (including phenoxy) is 1. The number of carbonyl (C=O) groups excluding carboxylic acids is 1. The maximum atomic E-state index is 11.4. The molecule has 0 aliphatic carbocycles. The van der Waals surface area contributed by atoms with E-state index < -0.39 is 6.10 Å². The van der Waals surface area contributed by atoms with Crippen molar-refractivity contribution in [2.75, 3.05) is 13.2 Å². The van der Waals surface area contributed by atoms with Crippen molar-refractivity contribution in [1.82, 2.24) is 0 Å². The highest BCUT2D eigenvalue weighted by Crippen LogP contribution is 2.14. The second-order valence-corrected chi connectivity index (χ2v) is 6.64. The minimum atomic E-state index is -0.791. The molecule has 5 heteroatoms. The van der Waals surface area contributed by atoms with Crippen LogP contribution in [0.4, 0.5) is 0 Å². The van der Waals surface area contributed by atoms with E-state index in [-0.39, 0.29) is 25.3 Å². The molecule has 0 saturated heterocycles. The molecule has 0 aromatic carbocycles. The highest BCUT2D eigenvalue weighted by atomic mass is 16.6. The van der Waals surface area contributed by atoms with Crippen LogP contribution in [0.3, 0.4) is 0 Å². The molecule has 0 aromatic rings. The summed E-state index contributed by atoms with van der Waals surface area (Å²) in [5.74, 6) is -0.360. The summed E-state index contributed by atoms with van der Waals surface area (Å²) in [4.78, 5) is 11.4. The van der Waals surface area contributed by atoms with Gasteiger partial charge in [-0.25, -0.2) is 0 Å². The Hall–Kier alpha value is -0.650. The van der Waals surface area contributed by atoms with Gasteiger partial charge in [-0.2, -0.15) is 0 Å². The summed E-state index contributed by atoms with van der Waals surface area (Å²) in [5, 5.41) is 27.6. The van der Waals surface area contributed by atoms with E-state index in [1.807, 2.05) is 0 Å². The number of rotatable bonds is 17. The Morgan fingerprint density at radius 2 is 1.33 bits per heavy atom. The van der Waals surface area contributed by atoms with Gasteiger partial charge in [0.2, 0.25) is 0 Å². The first-order valence-corrected chi connectivity index (χ1v) is 9.73. The van der Waals surface area contributed by atoms with Crippen LogP contribution in [0.2, 0.25) is 0 Å². The summed E-state index contributed by atoms with van der Waals surface area (Å²) in [6, 6.07) is 0. The molecule has 0 bridgehead atoms. The minimum Gasteiger partial charge on any atom is -0.457 e. The highest BCUT2D eigenvalue weighted by Gasteiger charge is 2.11. The third-order valence-corrected chi connectivity index (χ3v) is 4.26. The molecule has 0 heterocycles. The van der Waals surface area contributed by atoms with Crippen LogP contribution < -0.4 is 0 Å². The van der Waals surface area contributed by atoms with Gasteiger partial charge in [0.05, 0.1) is 19.3 Å². The van der Waals surface area contributed by atoms with Crippen molar-refractivity contribution in [2.24, 2.45) is 0 Å². The number of aliphatic hydroxyl groups excluding tert-OH is 3. The van der Waals surface area contributed by atoms with Gasteiger partial charge in [0.15, 0.2) is 0 Å². The van der Waals surface area contributed by atoms with Crippen molar-refractivity contribution in [3.05, 3.63) is 0 Å². The van der Waals surface area contributed by atoms with Gasteiger partial charge >= 0.3 is 5.97 Å². The van der Waals surface area contributed by atoms with Crippen molar-refractivity contribution in [2.45, 2.75) is 103 Å². The van der Waals surface area contributed by atoms with Crippen LogP contribution in [0.1, 0.15) is 90.4 Å². The van der Waals surface area contributed by atoms with E-state index in [0.29, 0.717) is 6.42 Å². The first-order valence-electron chi connectivity index (χ1n) is 9.73. The fourth-order valence-corrected chi connectivity index (χ4v) is 2.68. The molecule has 0 aliphatic heterocycles. The fraction of sp³-hybridized carbons (Fsp3) is 0.947. The quantitative estimate of drug-likeness (QED) is 0.278. The highest BCUT2D eigenvalue weighted by molar-refractivity contribution is 5.69. The SMILES string of the molecule is CCCCCCCC(O)CCCCCCCC(=O)OC(CO)CO. The molecule has 1 atom stereocenters. The molecule has 3 N–H and O–H groups in total. The van der Waals surface area contributed by atoms with Crippen LogP contribution >= 0.6 is 0 Å². The van der Waals surface area contributed by atoms with Crippen LogP contribution in [0.5, 0.6) is 0 Å². The third kappa shape index (κ3) is 14.9. The average Bonchev–Trinajstić information content (AvgIpc) is 2.58. The molecule has 24 heavy (non-hydrogen) atoms. The molecule has 144 valence electrons. The van der Waals surface area contributed by atoms with E-state index in [9.17, 15) is 9.90 Å². The summed E-state index contributed by atoms with van der Waals surface area (Å²) in [7, 11) is 0. The van der Waals surface area contributed by atoms with Crippen molar-refractivity contribution in [3.8, 4) is 0 Å². The van der Waals surface area contributed by atoms with E-state index in [2.05, 4.69) is 6.92 Å². The Morgan fingerprint density at radius 1 is 0.833 bits per heavy atom. The normalized spacial score (nSPS) is 12.5. The molecule has 1 unspecified atom stereocenters. The minimum absolute atomic E-state index is 0.157. The molecule has 0 saturated carbocycles. The van der Waals surface area contributed by atoms with E-state index >= 15 is 0 Å². The third-order valence-electron chi connectivity index (χ3n) is 4.26. The molecule has 0 aliphatic rings. The molecule has 0 spiro atoms. The van der Waals surface area contributed by atoms with Gasteiger partial charge in [-0.1, -0.05) is 64.7 Å². The molecule has 5 nitrogen and oxygen atoms in total. The molecule has 0 aromatic heterocycles. The van der Waals surface area contributed by atoms with Crippen LogP contribution in [0.25, 0.3) is 0 Å². The maximum absolute atomic E-state index is 11.4. The lowest BCUT2D eigenvalue weighted by Gasteiger charge is -2.12. The Kier molecular flexibility index (Phi) is 16.7. The number of esters is 1. The first-order chi connectivity index (χ1) is 11.6. The smallest absolute Gasteiger partial charge is 0.306 e. The van der Waals surface area contributed by atoms with Gasteiger partial charge in [-0.05, 0) is 19.3 Å². The zero-order chi connectivity index (χ0) is 18.0. The number of carbonyl (C=O) groups is 1. The molecular weight excluding hydrogens is 308 g/mol. The van der Waals surface area contributed by atoms with Crippen LogP contribution in [0, 0.1) is 0 Å². The molecule has 0 rings (SSSR count). The van der Waals surface area contributed by atoms with Gasteiger partial charge < -0.3 is 20.1 Å². The lowest BCUT2D eigenvalue weighted by molar-refractivity contribution is -0.153. The molecule has 0 fully saturated rings. The van der Waals surface area contributed by atoms with Gasteiger partial charge in [0.1, 0.15) is 6.10 Å². The van der Waals surface area contributed by atoms with Crippen LogP contribution in [-0.2, 0) is 9.53 Å². The lowest BCUT2D eigenvalue weighted by atomic mass is 10.0. The van der Waals surface area contributed by atoms with E-state index in [0.717, 1.165) is 51.4 Å². The summed E-state index contributed by atoms with van der Waals surface area (Å²) in [6.45, 7) is 1.52. The zero-order valence-electron chi connectivity index (χ0n) is 15.4. The predicted octanol–water partition coefficient (Wildman–Crippen LogP) is 3.33. The summed E-state index contributed by atoms with van der Waals surface area (Å²) in [5.41, 5.74) is 0. The number of hydrogen-bond acceptors (Lipinski definition) is 5. The molecule has 0 amide bonds. The first kappa shape index (κ1) is 23.4. The zero-order valence-corrected chi connectivity index (χ0v) is 15.4. The summed E-state index contributed by atoms with van der Waals surface area (Å²) in [6.07, 6.45) is 12.3. The second-order valence-electron chi connectivity index (χ2n) is 6.64. The van der Waals surface area contributed by atoms with Crippen molar-refractivity contribution < 1.29 is 24.9 Å². The Balaban J connectivity index is 3.36. The Bertz CT molecular complexity index is 279. The average molecular weight is 347 g/mol. The predicted molar refractivity (Wildman–Crippen MR) is 95.8 cm³/mol. The number of aliphatic hydroxyl groups is 3. The topological polar surface area (TPSA) is 87.0 Å². The van der Waals surface area contributed by atoms with Crippen LogP contribution in [-0.4, -0.2) is 46.7 Å². The maximum Gasteiger partial charge on any atom is 0.306 e. The van der Waals surface area contributed by atoms with E-state index in [4.69, 9.17) is 14.9 Å². The second kappa shape index (κ2) is 17.2. The van der Waals surface area contributed by atoms with Gasteiger partial charge in [0, 0.05) is 6.42 Å². The molecular formula is C19H38O5. The van der Waals surface area contributed by atoms with Gasteiger partial charge in [0.25, 0.3) is 0 Å². The van der Waals surface area contributed by atoms with Crippen molar-refractivity contribution in [3.63, 3.8) is 0 Å². The van der Waals surface area contributed by atoms with Crippen molar-refractivity contribution in [1.29, 1.82) is 0 Å². The fourth-order valence-electron chi connectivity index (χ4n) is 2.68. The van der Waals surface area contributed by atoms with Gasteiger partial charge in [-0.15, -0.1) is 0 Å². The van der Waals surface area contributed by atoms with E-state index in [1.54, 1.807) is 0 Å². The Morgan fingerprint density at radius 3 is 1.88 bits per heavy atom. The lowest BCUT2D eigenvalue weighted by Crippen LogP contribution is -2.25. The Labute approximate surface area is 147 Å². The van der Waals surface area contributed by atoms with E-state index in [1.165, 1.54) is 25.7 Å². The monoisotopic (exact) mass is 346 g/mol. The summed E-state index contributed by atoms with van der Waals surface area (Å²) >= 11 is 0. The number of unbranched alkanes of at least 4 members (excludes halogenated alkanes) is 8. The largest absolute Gasteiger partial charge is 0.457 e.